The highest BCUT2D eigenvalue weighted by atomic mass is 32.2. The number of carbonyl (C=O) groups is 3. The molecule has 0 spiro atoms. The van der Waals surface area contributed by atoms with E-state index in [4.69, 9.17) is 0 Å². The average Bonchev–Trinajstić information content (AvgIpc) is 3.15. The highest BCUT2D eigenvalue weighted by Gasteiger charge is 2.45. The van der Waals surface area contributed by atoms with Crippen LogP contribution in [0.3, 0.4) is 0 Å². The van der Waals surface area contributed by atoms with Gasteiger partial charge < -0.3 is 20.9 Å². The Hall–Kier alpha value is -2.06. The van der Waals surface area contributed by atoms with Gasteiger partial charge in [0.2, 0.25) is 17.7 Å². The first-order chi connectivity index (χ1) is 15.0. The van der Waals surface area contributed by atoms with Crippen molar-refractivity contribution >= 4 is 29.5 Å². The topological polar surface area (TPSA) is 90.5 Å². The Morgan fingerprint density at radius 3 is 2.71 bits per heavy atom. The zero-order valence-electron chi connectivity index (χ0n) is 18.2. The van der Waals surface area contributed by atoms with Gasteiger partial charge in [-0.25, -0.2) is 0 Å². The molecule has 0 bridgehead atoms. The van der Waals surface area contributed by atoms with Crippen molar-refractivity contribution < 1.29 is 14.4 Å². The largest absolute Gasteiger partial charge is 0.347 e. The van der Waals surface area contributed by atoms with Crippen LogP contribution < -0.4 is 16.0 Å². The van der Waals surface area contributed by atoms with Gasteiger partial charge in [0.25, 0.3) is 0 Å². The van der Waals surface area contributed by atoms with Gasteiger partial charge in [0, 0.05) is 0 Å². The first-order valence-electron chi connectivity index (χ1n) is 11.3. The van der Waals surface area contributed by atoms with Crippen molar-refractivity contribution in [3.63, 3.8) is 0 Å². The number of amides is 3. The lowest BCUT2D eigenvalue weighted by molar-refractivity contribution is -0.142. The van der Waals surface area contributed by atoms with Crippen LogP contribution in [-0.2, 0) is 20.8 Å². The van der Waals surface area contributed by atoms with E-state index < -0.39 is 12.1 Å². The molecule has 0 saturated carbocycles. The molecule has 2 aliphatic heterocycles. The maximum atomic E-state index is 13.4. The Kier molecular flexibility index (Phi) is 6.86. The van der Waals surface area contributed by atoms with Crippen LogP contribution in [0.1, 0.15) is 56.2 Å². The molecule has 1 aromatic rings. The number of fused-ring (bicyclic) bond motifs is 2. The summed E-state index contributed by atoms with van der Waals surface area (Å²) in [6.07, 6.45) is 5.07. The molecule has 0 aromatic heterocycles. The number of carbonyl (C=O) groups excluding carboxylic acids is 3. The van der Waals surface area contributed by atoms with Crippen molar-refractivity contribution in [2.75, 3.05) is 12.8 Å². The summed E-state index contributed by atoms with van der Waals surface area (Å²) in [7, 11) is 1.72. The van der Waals surface area contributed by atoms with Crippen LogP contribution in [0.2, 0.25) is 0 Å². The summed E-state index contributed by atoms with van der Waals surface area (Å²) in [5, 5.41) is 9.03. The molecular weight excluding hydrogens is 412 g/mol. The van der Waals surface area contributed by atoms with Crippen LogP contribution in [0.5, 0.6) is 0 Å². The summed E-state index contributed by atoms with van der Waals surface area (Å²) < 4.78 is 0. The Balaban J connectivity index is 1.47. The van der Waals surface area contributed by atoms with Crippen molar-refractivity contribution in [3.8, 4) is 0 Å². The molecule has 5 atom stereocenters. The zero-order valence-corrected chi connectivity index (χ0v) is 19.0. The van der Waals surface area contributed by atoms with Crippen LogP contribution >= 0.6 is 11.8 Å². The number of aryl methyl sites for hydroxylation is 1. The minimum atomic E-state index is -0.579. The van der Waals surface area contributed by atoms with E-state index in [9.17, 15) is 14.4 Å². The SMILES string of the molecule is CNC(C)C(=O)NC1CCSC2CCC(C(=O)NC3CCCc4ccccc43)N2C1=O. The van der Waals surface area contributed by atoms with Crippen LogP contribution in [-0.4, -0.2) is 58.9 Å². The molecule has 3 aliphatic rings. The van der Waals surface area contributed by atoms with Gasteiger partial charge in [-0.1, -0.05) is 24.3 Å². The van der Waals surface area contributed by atoms with E-state index in [1.165, 1.54) is 11.1 Å². The van der Waals surface area contributed by atoms with Crippen LogP contribution in [0.4, 0.5) is 0 Å². The van der Waals surface area contributed by atoms with E-state index >= 15 is 0 Å². The Bertz CT molecular complexity index is 848. The lowest BCUT2D eigenvalue weighted by Gasteiger charge is -2.32. The van der Waals surface area contributed by atoms with Gasteiger partial charge in [0.15, 0.2) is 0 Å². The van der Waals surface area contributed by atoms with E-state index in [-0.39, 0.29) is 35.2 Å². The fraction of sp³-hybridized carbons (Fsp3) is 0.609. The number of thioether (sulfide) groups is 1. The highest BCUT2D eigenvalue weighted by Crippen LogP contribution is 2.37. The molecule has 31 heavy (non-hydrogen) atoms. The third kappa shape index (κ3) is 4.60. The second-order valence-electron chi connectivity index (χ2n) is 8.68. The predicted octanol–water partition coefficient (Wildman–Crippen LogP) is 1.73. The molecule has 1 aliphatic carbocycles. The Labute approximate surface area is 188 Å². The summed E-state index contributed by atoms with van der Waals surface area (Å²) in [5.41, 5.74) is 2.49. The second kappa shape index (κ2) is 9.61. The maximum Gasteiger partial charge on any atom is 0.246 e. The molecule has 2 fully saturated rings. The van der Waals surface area contributed by atoms with Crippen LogP contribution in [0, 0.1) is 0 Å². The Morgan fingerprint density at radius 1 is 1.10 bits per heavy atom. The number of rotatable bonds is 5. The smallest absolute Gasteiger partial charge is 0.246 e. The van der Waals surface area contributed by atoms with Crippen molar-refractivity contribution in [2.24, 2.45) is 0 Å². The first-order valence-corrected chi connectivity index (χ1v) is 12.3. The summed E-state index contributed by atoms with van der Waals surface area (Å²) in [4.78, 5) is 40.8. The fourth-order valence-corrected chi connectivity index (χ4v) is 6.21. The minimum Gasteiger partial charge on any atom is -0.347 e. The number of hydrogen-bond donors (Lipinski definition) is 3. The van der Waals surface area contributed by atoms with Crippen LogP contribution in [0.25, 0.3) is 0 Å². The summed E-state index contributed by atoms with van der Waals surface area (Å²) >= 11 is 1.72. The summed E-state index contributed by atoms with van der Waals surface area (Å²) in [6.45, 7) is 1.77. The fourth-order valence-electron chi connectivity index (χ4n) is 4.85. The number of nitrogens with one attached hydrogen (secondary N) is 3. The number of likely N-dealkylation sites (N-methyl/N-ethyl adjacent to an activating group) is 1. The highest BCUT2D eigenvalue weighted by molar-refractivity contribution is 7.99. The number of hydrogen-bond acceptors (Lipinski definition) is 5. The molecule has 4 rings (SSSR count). The van der Waals surface area contributed by atoms with Gasteiger partial charge in [-0.2, -0.15) is 0 Å². The molecule has 3 amide bonds. The van der Waals surface area contributed by atoms with Crippen LogP contribution in [0.15, 0.2) is 24.3 Å². The van der Waals surface area contributed by atoms with Gasteiger partial charge in [-0.05, 0) is 69.4 Å². The Morgan fingerprint density at radius 2 is 1.90 bits per heavy atom. The first kappa shape index (κ1) is 22.1. The molecule has 168 valence electrons. The van der Waals surface area contributed by atoms with Gasteiger partial charge in [0.1, 0.15) is 12.1 Å². The van der Waals surface area contributed by atoms with Gasteiger partial charge in [-0.3, -0.25) is 14.4 Å². The number of nitrogens with zero attached hydrogens (tertiary/aromatic N) is 1. The molecule has 7 nitrogen and oxygen atoms in total. The molecule has 1 aromatic carbocycles. The van der Waals surface area contributed by atoms with E-state index in [1.807, 2.05) is 12.1 Å². The lowest BCUT2D eigenvalue weighted by atomic mass is 9.87. The molecule has 8 heteroatoms. The molecule has 2 heterocycles. The minimum absolute atomic E-state index is 0.00166. The van der Waals surface area contributed by atoms with Gasteiger partial charge >= 0.3 is 0 Å². The van der Waals surface area contributed by atoms with Crippen molar-refractivity contribution in [2.45, 2.75) is 75.0 Å². The maximum absolute atomic E-state index is 13.4. The van der Waals surface area contributed by atoms with Gasteiger partial charge in [-0.15, -0.1) is 11.8 Å². The second-order valence-corrected chi connectivity index (χ2v) is 9.96. The third-order valence-electron chi connectivity index (χ3n) is 6.73. The zero-order chi connectivity index (χ0) is 22.0. The van der Waals surface area contributed by atoms with Crippen molar-refractivity contribution in [3.05, 3.63) is 35.4 Å². The molecule has 2 saturated heterocycles. The average molecular weight is 445 g/mol. The normalized spacial score (nSPS) is 28.8. The molecule has 0 radical (unpaired) electrons. The summed E-state index contributed by atoms with van der Waals surface area (Å²) in [6, 6.07) is 6.86. The van der Waals surface area contributed by atoms with E-state index in [2.05, 4.69) is 28.1 Å². The van der Waals surface area contributed by atoms with E-state index in [1.54, 1.807) is 30.6 Å². The molecular formula is C23H32N4O3S. The summed E-state index contributed by atoms with van der Waals surface area (Å²) in [5.74, 6) is 0.390. The molecule has 3 N–H and O–H groups in total. The molecule has 5 unspecified atom stereocenters. The predicted molar refractivity (Wildman–Crippen MR) is 121 cm³/mol. The lowest BCUT2D eigenvalue weighted by Crippen LogP contribution is -2.56. The monoisotopic (exact) mass is 444 g/mol. The van der Waals surface area contributed by atoms with Crippen molar-refractivity contribution in [1.29, 1.82) is 0 Å². The van der Waals surface area contributed by atoms with E-state index in [0.717, 1.165) is 31.4 Å². The van der Waals surface area contributed by atoms with Crippen molar-refractivity contribution in [1.82, 2.24) is 20.9 Å². The van der Waals surface area contributed by atoms with E-state index in [0.29, 0.717) is 12.8 Å². The van der Waals surface area contributed by atoms with Gasteiger partial charge in [0.05, 0.1) is 17.5 Å². The quantitative estimate of drug-likeness (QED) is 0.644. The number of benzene rings is 1. The standard InChI is InChI=1S/C23H32N4O3S/c1-14(24-2)21(28)26-18-12-13-31-20-11-10-19(27(20)23(18)30)22(29)25-17-9-5-7-15-6-3-4-8-16(15)17/h3-4,6,8,14,17-20,24H,5,7,9-13H2,1-2H3,(H,25,29)(H,26,28). The third-order valence-corrected chi connectivity index (χ3v) is 8.05.